The fraction of sp³-hybridized carbons (Fsp3) is 0.737. The quantitative estimate of drug-likeness (QED) is 0.717. The van der Waals surface area contributed by atoms with Crippen molar-refractivity contribution >= 4 is 17.9 Å². The predicted molar refractivity (Wildman–Crippen MR) is 100 cm³/mol. The Morgan fingerprint density at radius 2 is 1.81 bits per heavy atom. The molecule has 0 spiro atoms. The first-order valence-corrected chi connectivity index (χ1v) is 9.55. The molecule has 152 valence electrons. The highest BCUT2D eigenvalue weighted by atomic mass is 16.6. The molecule has 27 heavy (non-hydrogen) atoms. The van der Waals surface area contributed by atoms with Crippen LogP contribution in [0.3, 0.4) is 0 Å². The van der Waals surface area contributed by atoms with Crippen LogP contribution in [0, 0.1) is 0 Å². The number of hydrogen-bond donors (Lipinski definition) is 2. The van der Waals surface area contributed by atoms with Gasteiger partial charge in [-0.3, -0.25) is 9.59 Å². The van der Waals surface area contributed by atoms with Gasteiger partial charge in [0.2, 0.25) is 11.8 Å². The van der Waals surface area contributed by atoms with Crippen LogP contribution >= 0.6 is 0 Å². The van der Waals surface area contributed by atoms with Crippen molar-refractivity contribution in [3.63, 3.8) is 0 Å². The zero-order chi connectivity index (χ0) is 19.9. The number of carbonyl (C=O) groups excluding carboxylic acids is 3. The second-order valence-electron chi connectivity index (χ2n) is 7.94. The van der Waals surface area contributed by atoms with Gasteiger partial charge in [0.05, 0.1) is 13.2 Å². The number of hydrogen-bond acceptors (Lipinski definition) is 5. The maximum absolute atomic E-state index is 12.3. The smallest absolute Gasteiger partial charge is 0.408 e. The van der Waals surface area contributed by atoms with Crippen molar-refractivity contribution in [1.29, 1.82) is 0 Å². The molecule has 0 aromatic heterocycles. The Morgan fingerprint density at radius 1 is 1.19 bits per heavy atom. The highest BCUT2D eigenvalue weighted by Crippen LogP contribution is 2.16. The lowest BCUT2D eigenvalue weighted by Crippen LogP contribution is -2.48. The van der Waals surface area contributed by atoms with Crippen LogP contribution in [0.2, 0.25) is 0 Å². The fourth-order valence-corrected chi connectivity index (χ4v) is 3.03. The molecule has 2 fully saturated rings. The summed E-state index contributed by atoms with van der Waals surface area (Å²) in [5.41, 5.74) is 0.551. The number of amides is 3. The minimum atomic E-state index is -0.612. The summed E-state index contributed by atoms with van der Waals surface area (Å²) in [7, 11) is 0. The minimum absolute atomic E-state index is 0.0118. The van der Waals surface area contributed by atoms with Gasteiger partial charge in [0.15, 0.2) is 0 Å². The summed E-state index contributed by atoms with van der Waals surface area (Å²) >= 11 is 0. The number of likely N-dealkylation sites (tertiary alicyclic amines) is 1. The van der Waals surface area contributed by atoms with E-state index in [4.69, 9.17) is 9.47 Å². The topological polar surface area (TPSA) is 97.0 Å². The Kier molecular flexibility index (Phi) is 7.65. The normalized spacial score (nSPS) is 18.6. The Hall–Kier alpha value is -2.09. The maximum Gasteiger partial charge on any atom is 0.408 e. The van der Waals surface area contributed by atoms with Gasteiger partial charge in [0.1, 0.15) is 12.1 Å². The third-order valence-electron chi connectivity index (χ3n) is 4.43. The highest BCUT2D eigenvalue weighted by Gasteiger charge is 2.24. The van der Waals surface area contributed by atoms with Gasteiger partial charge in [0, 0.05) is 25.2 Å². The number of nitrogens with one attached hydrogen (secondary N) is 2. The zero-order valence-corrected chi connectivity index (χ0v) is 16.5. The Balaban J connectivity index is 1.67. The molecule has 2 aliphatic heterocycles. The highest BCUT2D eigenvalue weighted by molar-refractivity contribution is 5.88. The molecule has 2 saturated heterocycles. The number of alkyl carbamates (subject to hydrolysis) is 1. The SMILES string of the molecule is CC(C)(C)OC(=O)NCC(=O)NC1CCN(C(=O)C=C2CCOCC2)CC1. The lowest BCUT2D eigenvalue weighted by atomic mass is 10.0. The average molecular weight is 381 g/mol. The average Bonchev–Trinajstić information content (AvgIpc) is 2.60. The summed E-state index contributed by atoms with van der Waals surface area (Å²) in [6.07, 6.45) is 4.18. The second-order valence-corrected chi connectivity index (χ2v) is 7.94. The third kappa shape index (κ3) is 7.99. The van der Waals surface area contributed by atoms with Crippen LogP contribution < -0.4 is 10.6 Å². The van der Waals surface area contributed by atoms with Crippen molar-refractivity contribution in [2.45, 2.75) is 58.1 Å². The summed E-state index contributed by atoms with van der Waals surface area (Å²) in [5.74, 6) is -0.210. The maximum atomic E-state index is 12.3. The van der Waals surface area contributed by atoms with Gasteiger partial charge in [-0.05, 0) is 46.5 Å². The number of ether oxygens (including phenoxy) is 2. The first-order chi connectivity index (χ1) is 12.7. The largest absolute Gasteiger partial charge is 0.444 e. The van der Waals surface area contributed by atoms with Crippen molar-refractivity contribution in [2.24, 2.45) is 0 Å². The van der Waals surface area contributed by atoms with Gasteiger partial charge < -0.3 is 25.0 Å². The van der Waals surface area contributed by atoms with Gasteiger partial charge in [-0.1, -0.05) is 5.57 Å². The monoisotopic (exact) mass is 381 g/mol. The van der Waals surface area contributed by atoms with E-state index in [0.29, 0.717) is 39.1 Å². The molecule has 2 rings (SSSR count). The summed E-state index contributed by atoms with van der Waals surface area (Å²) in [6.45, 7) is 7.77. The molecule has 8 nitrogen and oxygen atoms in total. The van der Waals surface area contributed by atoms with Crippen molar-refractivity contribution in [1.82, 2.24) is 15.5 Å². The van der Waals surface area contributed by atoms with Gasteiger partial charge in [0.25, 0.3) is 0 Å². The van der Waals surface area contributed by atoms with Crippen LogP contribution in [0.1, 0.15) is 46.5 Å². The molecule has 0 unspecified atom stereocenters. The van der Waals surface area contributed by atoms with E-state index >= 15 is 0 Å². The van der Waals surface area contributed by atoms with E-state index < -0.39 is 11.7 Å². The Labute approximate surface area is 160 Å². The molecule has 0 atom stereocenters. The Morgan fingerprint density at radius 3 is 2.41 bits per heavy atom. The van der Waals surface area contributed by atoms with Crippen LogP contribution in [0.5, 0.6) is 0 Å². The van der Waals surface area contributed by atoms with E-state index in [-0.39, 0.29) is 24.4 Å². The molecule has 8 heteroatoms. The van der Waals surface area contributed by atoms with Gasteiger partial charge in [-0.25, -0.2) is 4.79 Å². The molecule has 3 amide bonds. The van der Waals surface area contributed by atoms with E-state index in [1.165, 1.54) is 0 Å². The minimum Gasteiger partial charge on any atom is -0.444 e. The molecule has 0 radical (unpaired) electrons. The van der Waals surface area contributed by atoms with Crippen molar-refractivity contribution < 1.29 is 23.9 Å². The molecule has 2 N–H and O–H groups in total. The molecular formula is C19H31N3O5. The number of piperidine rings is 1. The fourth-order valence-electron chi connectivity index (χ4n) is 3.03. The molecule has 0 aromatic rings. The van der Waals surface area contributed by atoms with Crippen molar-refractivity contribution in [3.8, 4) is 0 Å². The van der Waals surface area contributed by atoms with Crippen molar-refractivity contribution in [2.75, 3.05) is 32.8 Å². The molecule has 2 aliphatic rings. The van der Waals surface area contributed by atoms with E-state index in [0.717, 1.165) is 18.4 Å². The molecule has 0 aromatic carbocycles. The standard InChI is InChI=1S/C19H31N3O5/c1-19(2,3)27-18(25)20-13-16(23)21-15-4-8-22(9-5-15)17(24)12-14-6-10-26-11-7-14/h12,15H,4-11,13H2,1-3H3,(H,20,25)(H,21,23). The molecule has 0 saturated carbocycles. The van der Waals surface area contributed by atoms with Crippen LogP contribution in [0.25, 0.3) is 0 Å². The lowest BCUT2D eigenvalue weighted by Gasteiger charge is -2.32. The summed E-state index contributed by atoms with van der Waals surface area (Å²) in [5, 5.41) is 5.34. The first kappa shape index (κ1) is 21.2. The summed E-state index contributed by atoms with van der Waals surface area (Å²) < 4.78 is 10.4. The van der Waals surface area contributed by atoms with E-state index in [2.05, 4.69) is 10.6 Å². The third-order valence-corrected chi connectivity index (χ3v) is 4.43. The number of nitrogens with zero attached hydrogens (tertiary/aromatic N) is 1. The van der Waals surface area contributed by atoms with E-state index in [9.17, 15) is 14.4 Å². The molecular weight excluding hydrogens is 350 g/mol. The van der Waals surface area contributed by atoms with Gasteiger partial charge in [-0.2, -0.15) is 0 Å². The predicted octanol–water partition coefficient (Wildman–Crippen LogP) is 1.36. The molecule has 0 bridgehead atoms. The summed E-state index contributed by atoms with van der Waals surface area (Å²) in [4.78, 5) is 37.7. The van der Waals surface area contributed by atoms with Gasteiger partial charge in [-0.15, -0.1) is 0 Å². The van der Waals surface area contributed by atoms with Crippen LogP contribution in [0.4, 0.5) is 4.79 Å². The molecule has 2 heterocycles. The first-order valence-electron chi connectivity index (χ1n) is 9.55. The zero-order valence-electron chi connectivity index (χ0n) is 16.5. The van der Waals surface area contributed by atoms with Crippen molar-refractivity contribution in [3.05, 3.63) is 11.6 Å². The number of rotatable bonds is 4. The van der Waals surface area contributed by atoms with Crippen LogP contribution in [0.15, 0.2) is 11.6 Å². The van der Waals surface area contributed by atoms with E-state index in [1.807, 2.05) is 4.90 Å². The van der Waals surface area contributed by atoms with Crippen LogP contribution in [-0.2, 0) is 19.1 Å². The second kappa shape index (κ2) is 9.73. The van der Waals surface area contributed by atoms with Gasteiger partial charge >= 0.3 is 6.09 Å². The molecule has 0 aliphatic carbocycles. The number of carbonyl (C=O) groups is 3. The lowest BCUT2D eigenvalue weighted by molar-refractivity contribution is -0.127. The van der Waals surface area contributed by atoms with Crippen LogP contribution in [-0.4, -0.2) is 67.3 Å². The van der Waals surface area contributed by atoms with E-state index in [1.54, 1.807) is 26.8 Å². The Bertz CT molecular complexity index is 566. The summed E-state index contributed by atoms with van der Waals surface area (Å²) in [6, 6.07) is 0.0118.